The van der Waals surface area contributed by atoms with Crippen molar-refractivity contribution < 1.29 is 39.8 Å². The van der Waals surface area contributed by atoms with E-state index in [-0.39, 0.29) is 12.5 Å². The van der Waals surface area contributed by atoms with Crippen molar-refractivity contribution in [3.8, 4) is 0 Å². The number of allylic oxidation sites excluding steroid dienone is 3. The predicted octanol–water partition coefficient (Wildman–Crippen LogP) is 8.72. The maximum Gasteiger partial charge on any atom is 0.220 e. The third-order valence-electron chi connectivity index (χ3n) is 10.5. The molecule has 7 unspecified atom stereocenters. The molecule has 0 saturated carbocycles. The van der Waals surface area contributed by atoms with Gasteiger partial charge in [-0.1, -0.05) is 167 Å². The number of rotatable bonds is 36. The van der Waals surface area contributed by atoms with Crippen LogP contribution in [0.25, 0.3) is 0 Å². The Balaban J connectivity index is 2.38. The Morgan fingerprint density at radius 3 is 1.53 bits per heavy atom. The summed E-state index contributed by atoms with van der Waals surface area (Å²) in [6.45, 7) is 3.75. The average Bonchev–Trinajstić information content (AvgIpc) is 3.16. The van der Waals surface area contributed by atoms with Gasteiger partial charge in [0.2, 0.25) is 5.91 Å². The third kappa shape index (κ3) is 26.2. The van der Waals surface area contributed by atoms with E-state index in [9.17, 15) is 30.3 Å². The summed E-state index contributed by atoms with van der Waals surface area (Å²) in [6, 6.07) is -0.803. The summed E-state index contributed by atoms with van der Waals surface area (Å²) in [6.07, 6.45) is 33.6. The Labute approximate surface area is 324 Å². The van der Waals surface area contributed by atoms with Crippen LogP contribution in [-0.2, 0) is 14.3 Å². The normalized spacial score (nSPS) is 21.8. The van der Waals surface area contributed by atoms with E-state index in [0.29, 0.717) is 6.42 Å². The third-order valence-corrected chi connectivity index (χ3v) is 10.5. The highest BCUT2D eigenvalue weighted by molar-refractivity contribution is 5.76. The Kier molecular flexibility index (Phi) is 32.9. The highest BCUT2D eigenvalue weighted by atomic mass is 16.7. The van der Waals surface area contributed by atoms with Gasteiger partial charge in [-0.3, -0.25) is 4.79 Å². The molecule has 1 aliphatic rings. The fourth-order valence-electron chi connectivity index (χ4n) is 6.91. The zero-order chi connectivity index (χ0) is 38.8. The molecule has 1 heterocycles. The summed E-state index contributed by atoms with van der Waals surface area (Å²) in [5.41, 5.74) is 0. The topological polar surface area (TPSA) is 149 Å². The average molecular weight is 754 g/mol. The number of unbranched alkanes of at least 4 members (excludes halogenated alkanes) is 24. The Bertz CT molecular complexity index is 883. The van der Waals surface area contributed by atoms with E-state index in [1.54, 1.807) is 6.08 Å². The second-order valence-electron chi connectivity index (χ2n) is 15.5. The van der Waals surface area contributed by atoms with Gasteiger partial charge < -0.3 is 40.3 Å². The molecule has 0 aromatic carbocycles. The molecule has 1 saturated heterocycles. The van der Waals surface area contributed by atoms with Crippen molar-refractivity contribution in [3.05, 3.63) is 24.3 Å². The zero-order valence-electron chi connectivity index (χ0n) is 34.0. The molecule has 1 aliphatic heterocycles. The molecule has 0 aromatic rings. The molecule has 53 heavy (non-hydrogen) atoms. The lowest BCUT2D eigenvalue weighted by molar-refractivity contribution is -0.302. The summed E-state index contributed by atoms with van der Waals surface area (Å²) >= 11 is 0. The minimum atomic E-state index is -1.56. The molecule has 0 spiro atoms. The van der Waals surface area contributed by atoms with Crippen LogP contribution in [0.3, 0.4) is 0 Å². The van der Waals surface area contributed by atoms with Gasteiger partial charge in [-0.05, 0) is 44.9 Å². The SMILES string of the molecule is CCCCCCCC/C=C\CCCCCCCCCC(=O)NC(COC1OC(CO)C(O)C(O)C1O)C(O)/C=C/CCCCCCCCCCCCC. The van der Waals surface area contributed by atoms with Crippen LogP contribution in [0.5, 0.6) is 0 Å². The van der Waals surface area contributed by atoms with Crippen LogP contribution in [0, 0.1) is 0 Å². The number of carbonyl (C=O) groups is 1. The fourth-order valence-corrected chi connectivity index (χ4v) is 6.91. The number of carbonyl (C=O) groups excluding carboxylic acids is 1. The van der Waals surface area contributed by atoms with Gasteiger partial charge in [0.25, 0.3) is 0 Å². The van der Waals surface area contributed by atoms with E-state index in [4.69, 9.17) is 9.47 Å². The van der Waals surface area contributed by atoms with Crippen LogP contribution >= 0.6 is 0 Å². The van der Waals surface area contributed by atoms with Crippen LogP contribution in [-0.4, -0.2) is 87.5 Å². The maximum absolute atomic E-state index is 12.9. The minimum absolute atomic E-state index is 0.182. The van der Waals surface area contributed by atoms with E-state index in [0.717, 1.165) is 44.9 Å². The van der Waals surface area contributed by atoms with Crippen LogP contribution in [0.4, 0.5) is 0 Å². The van der Waals surface area contributed by atoms with E-state index in [1.165, 1.54) is 128 Å². The van der Waals surface area contributed by atoms with Gasteiger partial charge in [0.15, 0.2) is 6.29 Å². The number of ether oxygens (including phenoxy) is 2. The standard InChI is InChI=1S/C44H83NO8/c1-3-5-7-9-11-13-15-17-18-19-20-22-24-26-28-30-32-34-40(48)45-37(36-52-44-43(51)42(50)41(49)39(35-46)53-44)38(47)33-31-29-27-25-23-21-16-14-12-10-8-6-4-2/h17-18,31,33,37-39,41-44,46-47,49-51H,3-16,19-30,32,34-36H2,1-2H3,(H,45,48)/b18-17-,33-31+. The van der Waals surface area contributed by atoms with Gasteiger partial charge in [0.1, 0.15) is 24.4 Å². The van der Waals surface area contributed by atoms with Crippen molar-refractivity contribution in [3.63, 3.8) is 0 Å². The molecule has 9 heteroatoms. The van der Waals surface area contributed by atoms with Gasteiger partial charge >= 0.3 is 0 Å². The molecule has 7 atom stereocenters. The van der Waals surface area contributed by atoms with Gasteiger partial charge in [0, 0.05) is 6.42 Å². The second-order valence-corrected chi connectivity index (χ2v) is 15.5. The molecule has 0 radical (unpaired) electrons. The first kappa shape index (κ1) is 49.7. The molecule has 0 aromatic heterocycles. The molecular formula is C44H83NO8. The fraction of sp³-hybridized carbons (Fsp3) is 0.886. The highest BCUT2D eigenvalue weighted by Crippen LogP contribution is 2.22. The summed E-state index contributed by atoms with van der Waals surface area (Å²) in [4.78, 5) is 12.9. The van der Waals surface area contributed by atoms with Crippen molar-refractivity contribution >= 4 is 5.91 Å². The van der Waals surface area contributed by atoms with Crippen LogP contribution in [0.15, 0.2) is 24.3 Å². The summed E-state index contributed by atoms with van der Waals surface area (Å²) in [5, 5.41) is 54.1. The van der Waals surface area contributed by atoms with Crippen LogP contribution < -0.4 is 5.32 Å². The van der Waals surface area contributed by atoms with Crippen molar-refractivity contribution in [2.45, 2.75) is 236 Å². The smallest absolute Gasteiger partial charge is 0.220 e. The number of aliphatic hydroxyl groups excluding tert-OH is 5. The predicted molar refractivity (Wildman–Crippen MR) is 217 cm³/mol. The van der Waals surface area contributed by atoms with Gasteiger partial charge in [-0.2, -0.15) is 0 Å². The Morgan fingerprint density at radius 2 is 1.06 bits per heavy atom. The molecular weight excluding hydrogens is 670 g/mol. The number of nitrogens with one attached hydrogen (secondary N) is 1. The van der Waals surface area contributed by atoms with Gasteiger partial charge in [-0.15, -0.1) is 0 Å². The van der Waals surface area contributed by atoms with E-state index >= 15 is 0 Å². The first-order chi connectivity index (χ1) is 25.8. The molecule has 1 amide bonds. The largest absolute Gasteiger partial charge is 0.394 e. The number of hydrogen-bond donors (Lipinski definition) is 6. The first-order valence-electron chi connectivity index (χ1n) is 22.1. The molecule has 0 aliphatic carbocycles. The molecule has 1 fully saturated rings. The lowest BCUT2D eigenvalue weighted by Crippen LogP contribution is -2.60. The number of aliphatic hydroxyl groups is 5. The maximum atomic E-state index is 12.9. The van der Waals surface area contributed by atoms with Gasteiger partial charge in [-0.25, -0.2) is 0 Å². The van der Waals surface area contributed by atoms with Crippen molar-refractivity contribution in [2.24, 2.45) is 0 Å². The highest BCUT2D eigenvalue weighted by Gasteiger charge is 2.44. The number of amides is 1. The summed E-state index contributed by atoms with van der Waals surface area (Å²) in [7, 11) is 0. The van der Waals surface area contributed by atoms with Crippen molar-refractivity contribution in [1.82, 2.24) is 5.32 Å². The quantitative estimate of drug-likeness (QED) is 0.0275. The molecule has 1 rings (SSSR count). The van der Waals surface area contributed by atoms with Crippen molar-refractivity contribution in [1.29, 1.82) is 0 Å². The van der Waals surface area contributed by atoms with E-state index in [1.807, 2.05) is 6.08 Å². The second kappa shape index (κ2) is 35.1. The molecule has 6 N–H and O–H groups in total. The van der Waals surface area contributed by atoms with E-state index in [2.05, 4.69) is 31.3 Å². The first-order valence-corrected chi connectivity index (χ1v) is 22.1. The molecule has 312 valence electrons. The Morgan fingerprint density at radius 1 is 0.623 bits per heavy atom. The van der Waals surface area contributed by atoms with Crippen LogP contribution in [0.2, 0.25) is 0 Å². The molecule has 0 bridgehead atoms. The zero-order valence-corrected chi connectivity index (χ0v) is 34.0. The summed E-state index contributed by atoms with van der Waals surface area (Å²) < 4.78 is 11.2. The van der Waals surface area contributed by atoms with E-state index < -0.39 is 49.5 Å². The van der Waals surface area contributed by atoms with Gasteiger partial charge in [0.05, 0.1) is 25.4 Å². The lowest BCUT2D eigenvalue weighted by atomic mass is 9.99. The lowest BCUT2D eigenvalue weighted by Gasteiger charge is -2.40. The number of hydrogen-bond acceptors (Lipinski definition) is 8. The Hall–Kier alpha value is -1.33. The minimum Gasteiger partial charge on any atom is -0.394 e. The summed E-state index contributed by atoms with van der Waals surface area (Å²) in [5.74, 6) is -0.182. The van der Waals surface area contributed by atoms with Crippen molar-refractivity contribution in [2.75, 3.05) is 13.2 Å². The molecule has 9 nitrogen and oxygen atoms in total. The van der Waals surface area contributed by atoms with Crippen LogP contribution in [0.1, 0.15) is 194 Å². The monoisotopic (exact) mass is 754 g/mol.